The monoisotopic (exact) mass is 365 g/mol. The summed E-state index contributed by atoms with van der Waals surface area (Å²) in [6, 6.07) is 4.22. The molecule has 2 atom stereocenters. The van der Waals surface area contributed by atoms with Gasteiger partial charge in [0, 0.05) is 19.2 Å². The molecule has 0 N–H and O–H groups in total. The Morgan fingerprint density at radius 2 is 2.08 bits per heavy atom. The Morgan fingerprint density at radius 1 is 1.23 bits per heavy atom. The lowest BCUT2D eigenvalue weighted by Gasteiger charge is -2.32. The van der Waals surface area contributed by atoms with E-state index in [9.17, 15) is 13.2 Å². The molecule has 26 heavy (non-hydrogen) atoms. The highest BCUT2D eigenvalue weighted by atomic mass is 19.4. The van der Waals surface area contributed by atoms with E-state index < -0.39 is 12.1 Å². The molecular formula is C18H22F3N5. The second kappa shape index (κ2) is 6.64. The molecule has 0 spiro atoms. The van der Waals surface area contributed by atoms with E-state index in [4.69, 9.17) is 0 Å². The number of aryl methyl sites for hydroxylation is 2. The maximum absolute atomic E-state index is 13.1. The Balaban J connectivity index is 1.54. The van der Waals surface area contributed by atoms with E-state index in [1.165, 1.54) is 5.56 Å². The van der Waals surface area contributed by atoms with Gasteiger partial charge in [-0.1, -0.05) is 6.07 Å². The SMILES string of the molecule is CN(Cc1nnc2n1CC(C(F)(F)F)CC2)C1CCCc2cccnc21. The Bertz CT molecular complexity index is 785. The molecule has 1 aliphatic carbocycles. The van der Waals surface area contributed by atoms with Crippen LogP contribution in [0.25, 0.3) is 0 Å². The molecule has 0 aromatic carbocycles. The maximum Gasteiger partial charge on any atom is 0.393 e. The van der Waals surface area contributed by atoms with Crippen molar-refractivity contribution in [1.29, 1.82) is 0 Å². The van der Waals surface area contributed by atoms with Gasteiger partial charge in [0.2, 0.25) is 0 Å². The maximum atomic E-state index is 13.1. The molecule has 2 aromatic rings. The summed E-state index contributed by atoms with van der Waals surface area (Å²) in [5.41, 5.74) is 2.34. The Morgan fingerprint density at radius 3 is 2.88 bits per heavy atom. The van der Waals surface area contributed by atoms with E-state index in [-0.39, 0.29) is 19.0 Å². The highest BCUT2D eigenvalue weighted by molar-refractivity contribution is 5.25. The minimum atomic E-state index is -4.17. The van der Waals surface area contributed by atoms with Crippen LogP contribution in [0.2, 0.25) is 0 Å². The molecular weight excluding hydrogens is 343 g/mol. The number of alkyl halides is 3. The zero-order valence-electron chi connectivity index (χ0n) is 14.7. The van der Waals surface area contributed by atoms with E-state index in [0.29, 0.717) is 24.6 Å². The Hall–Kier alpha value is -1.96. The predicted molar refractivity (Wildman–Crippen MR) is 89.3 cm³/mol. The summed E-state index contributed by atoms with van der Waals surface area (Å²) in [7, 11) is 1.99. The van der Waals surface area contributed by atoms with Crippen LogP contribution in [0.4, 0.5) is 13.2 Å². The van der Waals surface area contributed by atoms with E-state index >= 15 is 0 Å². The molecule has 2 aromatic heterocycles. The molecule has 3 heterocycles. The van der Waals surface area contributed by atoms with Gasteiger partial charge in [-0.15, -0.1) is 10.2 Å². The molecule has 0 radical (unpaired) electrons. The molecule has 5 nitrogen and oxygen atoms in total. The summed E-state index contributed by atoms with van der Waals surface area (Å²) in [6.45, 7) is 0.396. The van der Waals surface area contributed by atoms with Gasteiger partial charge in [-0.25, -0.2) is 0 Å². The standard InChI is InChI=1S/C18H22F3N5/c1-25(14-6-2-4-12-5-3-9-22-17(12)14)11-16-24-23-15-8-7-13(10-26(15)16)18(19,20)21/h3,5,9,13-14H,2,4,6-8,10-11H2,1H3. The fourth-order valence-electron chi connectivity index (χ4n) is 4.11. The lowest BCUT2D eigenvalue weighted by molar-refractivity contribution is -0.182. The zero-order chi connectivity index (χ0) is 18.3. The average molecular weight is 365 g/mol. The second-order valence-corrected chi connectivity index (χ2v) is 7.29. The molecule has 0 saturated heterocycles. The van der Waals surface area contributed by atoms with Crippen molar-refractivity contribution in [3.05, 3.63) is 41.2 Å². The number of rotatable bonds is 3. The molecule has 8 heteroatoms. The van der Waals surface area contributed by atoms with E-state index in [2.05, 4.69) is 26.1 Å². The fourth-order valence-corrected chi connectivity index (χ4v) is 4.11. The van der Waals surface area contributed by atoms with Gasteiger partial charge in [0.05, 0.1) is 24.2 Å². The molecule has 140 valence electrons. The lowest BCUT2D eigenvalue weighted by atomic mass is 9.91. The van der Waals surface area contributed by atoms with Crippen LogP contribution >= 0.6 is 0 Å². The predicted octanol–water partition coefficient (Wildman–Crippen LogP) is 3.31. The number of hydrogen-bond acceptors (Lipinski definition) is 4. The number of nitrogens with zero attached hydrogens (tertiary/aromatic N) is 5. The van der Waals surface area contributed by atoms with Crippen LogP contribution in [0.1, 0.15) is 48.2 Å². The first kappa shape index (κ1) is 17.5. The van der Waals surface area contributed by atoms with Gasteiger partial charge in [-0.2, -0.15) is 13.2 Å². The van der Waals surface area contributed by atoms with Gasteiger partial charge in [0.1, 0.15) is 11.6 Å². The van der Waals surface area contributed by atoms with Crippen molar-refractivity contribution in [3.8, 4) is 0 Å². The van der Waals surface area contributed by atoms with Crippen molar-refractivity contribution in [2.75, 3.05) is 7.05 Å². The summed E-state index contributed by atoms with van der Waals surface area (Å²) in [6.07, 6.45) is 1.16. The number of halogens is 3. The molecule has 0 bridgehead atoms. The highest BCUT2D eigenvalue weighted by Gasteiger charge is 2.42. The van der Waals surface area contributed by atoms with Crippen LogP contribution in [0.15, 0.2) is 18.3 Å². The number of fused-ring (bicyclic) bond motifs is 2. The Labute approximate surface area is 150 Å². The summed E-state index contributed by atoms with van der Waals surface area (Å²) >= 11 is 0. The second-order valence-electron chi connectivity index (χ2n) is 7.29. The third-order valence-corrected chi connectivity index (χ3v) is 5.57. The van der Waals surface area contributed by atoms with E-state index in [0.717, 1.165) is 25.0 Å². The van der Waals surface area contributed by atoms with Crippen LogP contribution in [0.3, 0.4) is 0 Å². The molecule has 2 aliphatic rings. The Kier molecular flexibility index (Phi) is 4.46. The molecule has 0 saturated carbocycles. The minimum absolute atomic E-state index is 0.0749. The summed E-state index contributed by atoms with van der Waals surface area (Å²) in [5, 5.41) is 8.31. The van der Waals surface area contributed by atoms with E-state index in [1.807, 2.05) is 13.1 Å². The summed E-state index contributed by atoms with van der Waals surface area (Å²) in [5.74, 6) is -0.0392. The number of pyridine rings is 1. The molecule has 2 unspecified atom stereocenters. The van der Waals surface area contributed by atoms with Crippen LogP contribution in [0, 0.1) is 5.92 Å². The van der Waals surface area contributed by atoms with Gasteiger partial charge in [-0.3, -0.25) is 9.88 Å². The average Bonchev–Trinajstić information content (AvgIpc) is 3.02. The number of hydrogen-bond donors (Lipinski definition) is 0. The van der Waals surface area contributed by atoms with Crippen molar-refractivity contribution >= 4 is 0 Å². The first-order valence-corrected chi connectivity index (χ1v) is 9.05. The van der Waals surface area contributed by atoms with Crippen molar-refractivity contribution in [2.24, 2.45) is 5.92 Å². The van der Waals surface area contributed by atoms with Gasteiger partial charge in [0.25, 0.3) is 0 Å². The van der Waals surface area contributed by atoms with Crippen LogP contribution < -0.4 is 0 Å². The molecule has 0 amide bonds. The molecule has 1 aliphatic heterocycles. The van der Waals surface area contributed by atoms with Crippen molar-refractivity contribution in [2.45, 2.75) is 57.4 Å². The third-order valence-electron chi connectivity index (χ3n) is 5.57. The smallest absolute Gasteiger partial charge is 0.313 e. The summed E-state index contributed by atoms with van der Waals surface area (Å²) < 4.78 is 41.0. The van der Waals surface area contributed by atoms with Gasteiger partial charge < -0.3 is 4.57 Å². The van der Waals surface area contributed by atoms with Crippen molar-refractivity contribution < 1.29 is 13.2 Å². The van der Waals surface area contributed by atoms with Crippen LogP contribution in [0.5, 0.6) is 0 Å². The van der Waals surface area contributed by atoms with Crippen molar-refractivity contribution in [3.63, 3.8) is 0 Å². The molecule has 4 rings (SSSR count). The minimum Gasteiger partial charge on any atom is -0.313 e. The fraction of sp³-hybridized carbons (Fsp3) is 0.611. The zero-order valence-corrected chi connectivity index (χ0v) is 14.7. The topological polar surface area (TPSA) is 46.8 Å². The number of aromatic nitrogens is 4. The largest absolute Gasteiger partial charge is 0.393 e. The quantitative estimate of drug-likeness (QED) is 0.837. The molecule has 0 fully saturated rings. The van der Waals surface area contributed by atoms with Crippen LogP contribution in [-0.4, -0.2) is 37.9 Å². The summed E-state index contributed by atoms with van der Waals surface area (Å²) in [4.78, 5) is 6.69. The van der Waals surface area contributed by atoms with E-state index in [1.54, 1.807) is 10.8 Å². The third kappa shape index (κ3) is 3.22. The van der Waals surface area contributed by atoms with Gasteiger partial charge in [0.15, 0.2) is 0 Å². The first-order valence-electron chi connectivity index (χ1n) is 9.05. The van der Waals surface area contributed by atoms with Crippen LogP contribution in [-0.2, 0) is 25.9 Å². The normalized spacial score (nSPS) is 23.0. The van der Waals surface area contributed by atoms with Gasteiger partial charge >= 0.3 is 6.18 Å². The van der Waals surface area contributed by atoms with Crippen molar-refractivity contribution in [1.82, 2.24) is 24.6 Å². The highest BCUT2D eigenvalue weighted by Crippen LogP contribution is 2.36. The van der Waals surface area contributed by atoms with Gasteiger partial charge in [-0.05, 0) is 44.4 Å². The lowest BCUT2D eigenvalue weighted by Crippen LogP contribution is -2.34. The first-order chi connectivity index (χ1) is 12.4.